The largest absolute Gasteiger partial charge is 0.462 e. The van der Waals surface area contributed by atoms with Gasteiger partial charge in [0, 0.05) is 19.3 Å². The van der Waals surface area contributed by atoms with Crippen LogP contribution in [0, 0.1) is 0 Å². The Bertz CT molecular complexity index is 1310. The molecule has 0 amide bonds. The van der Waals surface area contributed by atoms with Crippen molar-refractivity contribution in [1.29, 1.82) is 0 Å². The molecular formula is C70H128O6. The summed E-state index contributed by atoms with van der Waals surface area (Å²) in [5.74, 6) is -0.950. The van der Waals surface area contributed by atoms with Gasteiger partial charge in [0.1, 0.15) is 13.2 Å². The van der Waals surface area contributed by atoms with Crippen LogP contribution in [0.3, 0.4) is 0 Å². The molecule has 0 N–H and O–H groups in total. The van der Waals surface area contributed by atoms with Crippen LogP contribution >= 0.6 is 0 Å². The zero-order valence-electron chi connectivity index (χ0n) is 51.0. The van der Waals surface area contributed by atoms with Crippen molar-refractivity contribution in [2.75, 3.05) is 13.2 Å². The minimum Gasteiger partial charge on any atom is -0.462 e. The fraction of sp³-hybridized carbons (Fsp3) is 0.843. The molecule has 0 bridgehead atoms. The van der Waals surface area contributed by atoms with Crippen molar-refractivity contribution in [3.63, 3.8) is 0 Å². The number of esters is 3. The smallest absolute Gasteiger partial charge is 0.306 e. The molecule has 1 atom stereocenters. The van der Waals surface area contributed by atoms with Crippen molar-refractivity contribution in [3.8, 4) is 0 Å². The highest BCUT2D eigenvalue weighted by Gasteiger charge is 2.19. The van der Waals surface area contributed by atoms with E-state index in [4.69, 9.17) is 14.2 Å². The summed E-state index contributed by atoms with van der Waals surface area (Å²) in [5, 5.41) is 0. The van der Waals surface area contributed by atoms with Gasteiger partial charge in [-0.25, -0.2) is 0 Å². The van der Waals surface area contributed by atoms with Crippen molar-refractivity contribution in [3.05, 3.63) is 48.6 Å². The molecule has 0 saturated heterocycles. The first kappa shape index (κ1) is 73.4. The summed E-state index contributed by atoms with van der Waals surface area (Å²) in [4.78, 5) is 38.3. The van der Waals surface area contributed by atoms with Gasteiger partial charge in [0.15, 0.2) is 6.10 Å². The quantitative estimate of drug-likeness (QED) is 0.0261. The molecule has 1 unspecified atom stereocenters. The number of carbonyl (C=O) groups excluding carboxylic acids is 3. The second kappa shape index (κ2) is 64.9. The van der Waals surface area contributed by atoms with Gasteiger partial charge in [-0.2, -0.15) is 0 Å². The highest BCUT2D eigenvalue weighted by molar-refractivity contribution is 5.71. The summed E-state index contributed by atoms with van der Waals surface area (Å²) in [7, 11) is 0. The zero-order chi connectivity index (χ0) is 55.0. The summed E-state index contributed by atoms with van der Waals surface area (Å²) in [6, 6.07) is 0. The predicted octanol–water partition coefficient (Wildman–Crippen LogP) is 22.9. The standard InChI is InChI=1S/C70H128O6/c1-4-7-10-13-16-19-22-25-27-29-31-33-34-35-36-37-39-40-42-45-48-51-54-57-60-63-69(72)75-66-67(65-74-68(71)62-59-56-53-50-47-44-24-21-18-15-12-9-6-3)76-70(73)64-61-58-55-52-49-46-43-41-38-32-30-28-26-23-20-17-14-11-8-5-2/h9,12,18,21,44,47,53,56,67H,4-8,10-11,13-17,19-20,22-43,45-46,48-52,54-55,57-66H2,1-3H3/b12-9-,21-18-,47-44-,56-53-. The van der Waals surface area contributed by atoms with Gasteiger partial charge in [-0.1, -0.05) is 345 Å². The molecule has 0 aliphatic rings. The normalized spacial score (nSPS) is 12.3. The van der Waals surface area contributed by atoms with E-state index in [-0.39, 0.29) is 37.5 Å². The maximum atomic E-state index is 12.9. The molecule has 0 radical (unpaired) electrons. The zero-order valence-corrected chi connectivity index (χ0v) is 51.0. The maximum absolute atomic E-state index is 12.9. The lowest BCUT2D eigenvalue weighted by atomic mass is 10.0. The third-order valence-electron chi connectivity index (χ3n) is 15.1. The molecule has 0 aromatic heterocycles. The Kier molecular flexibility index (Phi) is 62.6. The lowest BCUT2D eigenvalue weighted by Gasteiger charge is -2.18. The van der Waals surface area contributed by atoms with Crippen LogP contribution < -0.4 is 0 Å². The summed E-state index contributed by atoms with van der Waals surface area (Å²) >= 11 is 0. The average molecular weight is 1070 g/mol. The van der Waals surface area contributed by atoms with Crippen molar-refractivity contribution >= 4 is 17.9 Å². The van der Waals surface area contributed by atoms with Crippen LogP contribution in [0.5, 0.6) is 0 Å². The first-order valence-corrected chi connectivity index (χ1v) is 33.6. The van der Waals surface area contributed by atoms with Gasteiger partial charge in [0.05, 0.1) is 0 Å². The number of unbranched alkanes of at least 4 members (excludes halogenated alkanes) is 43. The molecule has 0 fully saturated rings. The van der Waals surface area contributed by atoms with Gasteiger partial charge in [-0.05, 0) is 44.9 Å². The molecule has 6 heteroatoms. The highest BCUT2D eigenvalue weighted by Crippen LogP contribution is 2.18. The fourth-order valence-electron chi connectivity index (χ4n) is 10.1. The Hall–Kier alpha value is -2.63. The lowest BCUT2D eigenvalue weighted by Crippen LogP contribution is -2.30. The first-order chi connectivity index (χ1) is 37.5. The van der Waals surface area contributed by atoms with Crippen LogP contribution in [0.4, 0.5) is 0 Å². The molecule has 444 valence electrons. The number of hydrogen-bond acceptors (Lipinski definition) is 6. The molecule has 0 aliphatic heterocycles. The van der Waals surface area contributed by atoms with E-state index in [1.54, 1.807) is 0 Å². The molecule has 0 spiro atoms. The number of carbonyl (C=O) groups is 3. The van der Waals surface area contributed by atoms with E-state index < -0.39 is 6.10 Å². The monoisotopic (exact) mass is 1060 g/mol. The molecule has 76 heavy (non-hydrogen) atoms. The van der Waals surface area contributed by atoms with Gasteiger partial charge in [0.25, 0.3) is 0 Å². The molecule has 6 nitrogen and oxygen atoms in total. The van der Waals surface area contributed by atoms with Crippen molar-refractivity contribution in [2.24, 2.45) is 0 Å². The Morgan fingerprint density at radius 2 is 0.513 bits per heavy atom. The lowest BCUT2D eigenvalue weighted by molar-refractivity contribution is -0.166. The van der Waals surface area contributed by atoms with E-state index in [1.165, 1.54) is 250 Å². The molecular weight excluding hydrogens is 937 g/mol. The van der Waals surface area contributed by atoms with Gasteiger partial charge in [-0.15, -0.1) is 0 Å². The van der Waals surface area contributed by atoms with Gasteiger partial charge in [-0.3, -0.25) is 14.4 Å². The number of ether oxygens (including phenoxy) is 3. The van der Waals surface area contributed by atoms with Gasteiger partial charge in [0.2, 0.25) is 0 Å². The Morgan fingerprint density at radius 3 is 0.803 bits per heavy atom. The molecule has 0 saturated carbocycles. The minimum atomic E-state index is -0.799. The van der Waals surface area contributed by atoms with Crippen LogP contribution in [-0.4, -0.2) is 37.2 Å². The van der Waals surface area contributed by atoms with E-state index in [9.17, 15) is 14.4 Å². The summed E-state index contributed by atoms with van der Waals surface area (Å²) in [6.07, 6.45) is 81.6. The number of allylic oxidation sites excluding steroid dienone is 8. The molecule has 0 aromatic rings. The second-order valence-electron chi connectivity index (χ2n) is 22.7. The topological polar surface area (TPSA) is 78.9 Å². The van der Waals surface area contributed by atoms with Crippen LogP contribution in [0.15, 0.2) is 48.6 Å². The number of rotatable bonds is 62. The Labute approximate surface area is 473 Å². The highest BCUT2D eigenvalue weighted by atomic mass is 16.6. The summed E-state index contributed by atoms with van der Waals surface area (Å²) < 4.78 is 16.9. The Morgan fingerprint density at radius 1 is 0.276 bits per heavy atom. The van der Waals surface area contributed by atoms with Crippen molar-refractivity contribution in [2.45, 2.75) is 367 Å². The van der Waals surface area contributed by atoms with Gasteiger partial charge >= 0.3 is 17.9 Å². The summed E-state index contributed by atoms with van der Waals surface area (Å²) in [6.45, 7) is 6.53. The average Bonchev–Trinajstić information content (AvgIpc) is 3.42. The maximum Gasteiger partial charge on any atom is 0.306 e. The van der Waals surface area contributed by atoms with E-state index in [1.807, 2.05) is 6.08 Å². The molecule has 0 aromatic carbocycles. The van der Waals surface area contributed by atoms with E-state index in [0.717, 1.165) is 64.2 Å². The Balaban J connectivity index is 4.26. The second-order valence-corrected chi connectivity index (χ2v) is 22.7. The molecule has 0 rings (SSSR count). The van der Waals surface area contributed by atoms with Crippen LogP contribution in [0.2, 0.25) is 0 Å². The van der Waals surface area contributed by atoms with E-state index in [2.05, 4.69) is 63.3 Å². The fourth-order valence-corrected chi connectivity index (χ4v) is 10.1. The van der Waals surface area contributed by atoms with Gasteiger partial charge < -0.3 is 14.2 Å². The first-order valence-electron chi connectivity index (χ1n) is 33.6. The predicted molar refractivity (Wildman–Crippen MR) is 330 cm³/mol. The molecule has 0 heterocycles. The van der Waals surface area contributed by atoms with Crippen LogP contribution in [0.1, 0.15) is 361 Å². The third-order valence-corrected chi connectivity index (χ3v) is 15.1. The third kappa shape index (κ3) is 62.2. The van der Waals surface area contributed by atoms with E-state index >= 15 is 0 Å². The number of hydrogen-bond donors (Lipinski definition) is 0. The van der Waals surface area contributed by atoms with E-state index in [0.29, 0.717) is 19.3 Å². The van der Waals surface area contributed by atoms with Crippen LogP contribution in [-0.2, 0) is 28.6 Å². The SMILES string of the molecule is CC/C=C\C/C=C\C/C=C\C/C=C\CCC(=O)OCC(COC(=O)CCCCCCCCCCCCCCCCCCCCCCCCCCC)OC(=O)CCCCCCCCCCCCCCCCCCCCCC. The van der Waals surface area contributed by atoms with Crippen molar-refractivity contribution in [1.82, 2.24) is 0 Å². The summed E-state index contributed by atoms with van der Waals surface area (Å²) in [5.41, 5.74) is 0. The molecule has 0 aliphatic carbocycles. The van der Waals surface area contributed by atoms with Crippen molar-refractivity contribution < 1.29 is 28.6 Å². The van der Waals surface area contributed by atoms with Crippen LogP contribution in [0.25, 0.3) is 0 Å². The minimum absolute atomic E-state index is 0.0899.